The monoisotopic (exact) mass is 354 g/mol. The molecule has 2 aromatic heterocycles. The molecule has 1 aromatic carbocycles. The van der Waals surface area contributed by atoms with Crippen molar-refractivity contribution in [2.45, 2.75) is 26.5 Å². The van der Waals surface area contributed by atoms with Gasteiger partial charge in [0.25, 0.3) is 0 Å². The Kier molecular flexibility index (Phi) is 6.16. The van der Waals surface area contributed by atoms with E-state index in [4.69, 9.17) is 14.0 Å². The molecule has 26 heavy (non-hydrogen) atoms. The smallest absolute Gasteiger partial charge is 0.227 e. The lowest BCUT2D eigenvalue weighted by Gasteiger charge is -2.12. The zero-order valence-corrected chi connectivity index (χ0v) is 14.9. The van der Waals surface area contributed by atoms with Crippen molar-refractivity contribution in [1.29, 1.82) is 0 Å². The lowest BCUT2D eigenvalue weighted by atomic mass is 10.2. The van der Waals surface area contributed by atoms with Crippen LogP contribution in [0.2, 0.25) is 0 Å². The van der Waals surface area contributed by atoms with Gasteiger partial charge in [0.05, 0.1) is 7.11 Å². The second-order valence-electron chi connectivity index (χ2n) is 5.79. The highest BCUT2D eigenvalue weighted by Gasteiger charge is 2.07. The number of hydrogen-bond donors (Lipinski definition) is 1. The van der Waals surface area contributed by atoms with E-state index in [9.17, 15) is 0 Å². The number of benzene rings is 1. The van der Waals surface area contributed by atoms with Crippen molar-refractivity contribution in [3.05, 3.63) is 65.6 Å². The van der Waals surface area contributed by atoms with Gasteiger partial charge in [-0.15, -0.1) is 0 Å². The third-order valence-corrected chi connectivity index (χ3v) is 3.79. The molecule has 0 unspecified atom stereocenters. The van der Waals surface area contributed by atoms with Crippen molar-refractivity contribution in [1.82, 2.24) is 20.4 Å². The first-order valence-electron chi connectivity index (χ1n) is 8.43. The fourth-order valence-corrected chi connectivity index (χ4v) is 2.45. The summed E-state index contributed by atoms with van der Waals surface area (Å²) in [6.07, 6.45) is 4.20. The Bertz CT molecular complexity index is 821. The minimum absolute atomic E-state index is 0.472. The predicted octanol–water partition coefficient (Wildman–Crippen LogP) is 2.69. The first-order chi connectivity index (χ1) is 12.7. The van der Waals surface area contributed by atoms with Gasteiger partial charge in [-0.05, 0) is 42.3 Å². The van der Waals surface area contributed by atoms with Gasteiger partial charge in [-0.3, -0.25) is 4.98 Å². The lowest BCUT2D eigenvalue weighted by molar-refractivity contribution is 0.284. The minimum atomic E-state index is 0.472. The normalized spacial score (nSPS) is 10.7. The molecule has 0 aliphatic heterocycles. The van der Waals surface area contributed by atoms with E-state index in [1.807, 2.05) is 37.3 Å². The fraction of sp³-hybridized carbons (Fsp3) is 0.316. The maximum Gasteiger partial charge on any atom is 0.227 e. The van der Waals surface area contributed by atoms with Crippen LogP contribution in [0.15, 0.2) is 47.2 Å². The third-order valence-electron chi connectivity index (χ3n) is 3.79. The van der Waals surface area contributed by atoms with Gasteiger partial charge in [-0.2, -0.15) is 4.98 Å². The van der Waals surface area contributed by atoms with Gasteiger partial charge in [-0.1, -0.05) is 11.2 Å². The minimum Gasteiger partial charge on any atom is -0.493 e. The molecule has 0 fully saturated rings. The highest BCUT2D eigenvalue weighted by Crippen LogP contribution is 2.28. The zero-order valence-electron chi connectivity index (χ0n) is 14.9. The van der Waals surface area contributed by atoms with Gasteiger partial charge >= 0.3 is 0 Å². The van der Waals surface area contributed by atoms with Crippen LogP contribution in [0.1, 0.15) is 22.8 Å². The van der Waals surface area contributed by atoms with Crippen LogP contribution in [-0.4, -0.2) is 28.8 Å². The van der Waals surface area contributed by atoms with Crippen molar-refractivity contribution >= 4 is 0 Å². The van der Waals surface area contributed by atoms with Crippen LogP contribution in [0.5, 0.6) is 11.5 Å². The summed E-state index contributed by atoms with van der Waals surface area (Å²) in [5.41, 5.74) is 2.17. The van der Waals surface area contributed by atoms with Crippen molar-refractivity contribution in [2.24, 2.45) is 0 Å². The summed E-state index contributed by atoms with van der Waals surface area (Å²) in [7, 11) is 1.64. The molecule has 1 N–H and O–H groups in total. The van der Waals surface area contributed by atoms with Crippen LogP contribution >= 0.6 is 0 Å². The van der Waals surface area contributed by atoms with Crippen molar-refractivity contribution in [3.8, 4) is 11.5 Å². The van der Waals surface area contributed by atoms with Crippen LogP contribution in [0.25, 0.3) is 0 Å². The average molecular weight is 354 g/mol. The second-order valence-corrected chi connectivity index (χ2v) is 5.79. The number of rotatable bonds is 9. The standard InChI is InChI=1S/C19H22N4O3/c1-14-22-19(26-23-14)7-10-21-12-16-3-4-17(18(11-16)24-2)25-13-15-5-8-20-9-6-15/h3-6,8-9,11,21H,7,10,12-13H2,1-2H3. The third kappa shape index (κ3) is 5.03. The van der Waals surface area contributed by atoms with E-state index in [1.54, 1.807) is 19.5 Å². The molecular weight excluding hydrogens is 332 g/mol. The molecule has 0 bridgehead atoms. The second kappa shape index (κ2) is 8.96. The summed E-state index contributed by atoms with van der Waals surface area (Å²) in [5.74, 6) is 2.74. The first kappa shape index (κ1) is 17.9. The Labute approximate surface area is 152 Å². The number of methoxy groups -OCH3 is 1. The number of hydrogen-bond acceptors (Lipinski definition) is 7. The van der Waals surface area contributed by atoms with Crippen LogP contribution in [0, 0.1) is 6.92 Å². The molecule has 0 saturated carbocycles. The molecule has 7 heteroatoms. The fourth-order valence-electron chi connectivity index (χ4n) is 2.45. The van der Waals surface area contributed by atoms with E-state index in [0.29, 0.717) is 37.0 Å². The molecular formula is C19H22N4O3. The van der Waals surface area contributed by atoms with Crippen LogP contribution in [0.3, 0.4) is 0 Å². The summed E-state index contributed by atoms with van der Waals surface area (Å²) in [4.78, 5) is 8.18. The van der Waals surface area contributed by atoms with E-state index in [0.717, 1.165) is 23.4 Å². The first-order valence-corrected chi connectivity index (χ1v) is 8.43. The van der Waals surface area contributed by atoms with Gasteiger partial charge in [0, 0.05) is 31.9 Å². The molecule has 0 radical (unpaired) electrons. The van der Waals surface area contributed by atoms with Gasteiger partial charge in [0.15, 0.2) is 17.3 Å². The number of pyridine rings is 1. The molecule has 3 rings (SSSR count). The maximum absolute atomic E-state index is 5.85. The summed E-state index contributed by atoms with van der Waals surface area (Å²) in [6.45, 7) is 3.75. The van der Waals surface area contributed by atoms with Crippen molar-refractivity contribution < 1.29 is 14.0 Å². The van der Waals surface area contributed by atoms with Crippen LogP contribution < -0.4 is 14.8 Å². The average Bonchev–Trinajstić information content (AvgIpc) is 3.10. The van der Waals surface area contributed by atoms with Gasteiger partial charge in [0.1, 0.15) is 6.61 Å². The Morgan fingerprint density at radius 3 is 2.65 bits per heavy atom. The SMILES string of the molecule is COc1cc(CNCCc2nc(C)no2)ccc1OCc1ccncc1. The lowest BCUT2D eigenvalue weighted by Crippen LogP contribution is -2.16. The predicted molar refractivity (Wildman–Crippen MR) is 96.0 cm³/mol. The zero-order chi connectivity index (χ0) is 18.2. The molecule has 2 heterocycles. The molecule has 0 aliphatic rings. The van der Waals surface area contributed by atoms with Crippen LogP contribution in [0.4, 0.5) is 0 Å². The number of nitrogens with one attached hydrogen (secondary N) is 1. The highest BCUT2D eigenvalue weighted by molar-refractivity contribution is 5.43. The summed E-state index contributed by atoms with van der Waals surface area (Å²) >= 11 is 0. The Morgan fingerprint density at radius 1 is 1.08 bits per heavy atom. The van der Waals surface area contributed by atoms with E-state index >= 15 is 0 Å². The maximum atomic E-state index is 5.85. The summed E-state index contributed by atoms with van der Waals surface area (Å²) < 4.78 is 16.4. The summed E-state index contributed by atoms with van der Waals surface area (Å²) in [6, 6.07) is 9.78. The van der Waals surface area contributed by atoms with E-state index < -0.39 is 0 Å². The van der Waals surface area contributed by atoms with Crippen molar-refractivity contribution in [3.63, 3.8) is 0 Å². The Balaban J connectivity index is 1.50. The number of nitrogens with zero attached hydrogens (tertiary/aromatic N) is 3. The van der Waals surface area contributed by atoms with Crippen LogP contribution in [-0.2, 0) is 19.6 Å². The number of aryl methyl sites for hydroxylation is 1. The molecule has 0 spiro atoms. The van der Waals surface area contributed by atoms with Gasteiger partial charge in [-0.25, -0.2) is 0 Å². The number of ether oxygens (including phenoxy) is 2. The molecule has 136 valence electrons. The quantitative estimate of drug-likeness (QED) is 0.592. The van der Waals surface area contributed by atoms with Crippen molar-refractivity contribution in [2.75, 3.05) is 13.7 Å². The highest BCUT2D eigenvalue weighted by atomic mass is 16.5. The van der Waals surface area contributed by atoms with Gasteiger partial charge < -0.3 is 19.3 Å². The van der Waals surface area contributed by atoms with Gasteiger partial charge in [0.2, 0.25) is 5.89 Å². The molecule has 3 aromatic rings. The molecule has 7 nitrogen and oxygen atoms in total. The molecule has 0 aliphatic carbocycles. The molecule has 0 amide bonds. The Morgan fingerprint density at radius 2 is 1.92 bits per heavy atom. The number of aromatic nitrogens is 3. The molecule has 0 saturated heterocycles. The Hall–Kier alpha value is -2.93. The summed E-state index contributed by atoms with van der Waals surface area (Å²) in [5, 5.41) is 7.13. The largest absolute Gasteiger partial charge is 0.493 e. The topological polar surface area (TPSA) is 82.3 Å². The van der Waals surface area contributed by atoms with E-state index in [1.165, 1.54) is 0 Å². The molecule has 0 atom stereocenters. The van der Waals surface area contributed by atoms with E-state index in [2.05, 4.69) is 20.4 Å². The van der Waals surface area contributed by atoms with E-state index in [-0.39, 0.29) is 0 Å².